The Kier molecular flexibility index (Phi) is 14.2. The second kappa shape index (κ2) is 8.96. The van der Waals surface area contributed by atoms with E-state index in [0.29, 0.717) is 6.54 Å². The van der Waals surface area contributed by atoms with Crippen molar-refractivity contribution in [3.8, 4) is 0 Å². The summed E-state index contributed by atoms with van der Waals surface area (Å²) in [5.74, 6) is 0. The maximum atomic E-state index is 8.00. The van der Waals surface area contributed by atoms with Crippen molar-refractivity contribution in [2.75, 3.05) is 20.2 Å². The predicted molar refractivity (Wildman–Crippen MR) is 28.3 cm³/mol. The lowest BCUT2D eigenvalue weighted by molar-refractivity contribution is 0.296. The third-order valence-corrected chi connectivity index (χ3v) is 0.362. The molecule has 0 aromatic rings. The molecule has 0 spiro atoms. The summed E-state index contributed by atoms with van der Waals surface area (Å²) in [4.78, 5) is 0. The third-order valence-electron chi connectivity index (χ3n) is 0.362. The molecule has 0 radical (unpaired) electrons. The lowest BCUT2D eigenvalue weighted by Gasteiger charge is -1.84. The first-order valence-corrected chi connectivity index (χ1v) is 1.67. The molecule has 0 aliphatic rings. The van der Waals surface area contributed by atoms with E-state index >= 15 is 0 Å². The Hall–Kier alpha value is 0.210. The molecule has 0 aliphatic carbocycles. The van der Waals surface area contributed by atoms with Crippen molar-refractivity contribution in [2.45, 2.75) is 0 Å². The second-order valence-corrected chi connectivity index (χ2v) is 0.827. The molecular formula is C3H10ClNO. The van der Waals surface area contributed by atoms with E-state index in [1.807, 2.05) is 0 Å². The number of likely N-dealkylation sites (N-methyl/N-ethyl adjacent to an activating group) is 1. The molecule has 40 valence electrons. The van der Waals surface area contributed by atoms with Crippen LogP contribution in [0.1, 0.15) is 0 Å². The van der Waals surface area contributed by atoms with Gasteiger partial charge in [-0.2, -0.15) is 0 Å². The summed E-state index contributed by atoms with van der Waals surface area (Å²) in [6.07, 6.45) is 0. The zero-order valence-electron chi connectivity index (χ0n) is 3.77. The average molecular weight is 112 g/mol. The van der Waals surface area contributed by atoms with E-state index < -0.39 is 0 Å². The molecule has 0 unspecified atom stereocenters. The Labute approximate surface area is 44.0 Å². The van der Waals surface area contributed by atoms with E-state index in [1.54, 1.807) is 7.05 Å². The fourth-order valence-corrected chi connectivity index (χ4v) is 0.112. The topological polar surface area (TPSA) is 32.3 Å². The summed E-state index contributed by atoms with van der Waals surface area (Å²) in [6, 6.07) is 0. The Bertz CT molecular complexity index is 18.3. The van der Waals surface area contributed by atoms with Crippen LogP contribution >= 0.6 is 12.4 Å². The Morgan fingerprint density at radius 1 is 1.67 bits per heavy atom. The van der Waals surface area contributed by atoms with E-state index in [4.69, 9.17) is 5.11 Å². The quantitative estimate of drug-likeness (QED) is 0.509. The van der Waals surface area contributed by atoms with Crippen molar-refractivity contribution >= 4 is 12.4 Å². The lowest BCUT2D eigenvalue weighted by atomic mass is 10.7. The molecule has 0 bridgehead atoms. The monoisotopic (exact) mass is 111 g/mol. The van der Waals surface area contributed by atoms with Crippen molar-refractivity contribution in [3.05, 3.63) is 0 Å². The fourth-order valence-electron chi connectivity index (χ4n) is 0.112. The van der Waals surface area contributed by atoms with Gasteiger partial charge in [-0.1, -0.05) is 0 Å². The van der Waals surface area contributed by atoms with Gasteiger partial charge in [-0.15, -0.1) is 12.4 Å². The first-order valence-electron chi connectivity index (χ1n) is 1.67. The van der Waals surface area contributed by atoms with Crippen molar-refractivity contribution in [1.29, 1.82) is 0 Å². The highest BCUT2D eigenvalue weighted by molar-refractivity contribution is 5.85. The van der Waals surface area contributed by atoms with Crippen LogP contribution in [0, 0.1) is 0 Å². The molecule has 0 aromatic heterocycles. The number of aliphatic hydroxyl groups is 1. The van der Waals surface area contributed by atoms with Gasteiger partial charge < -0.3 is 10.4 Å². The molecule has 6 heavy (non-hydrogen) atoms. The van der Waals surface area contributed by atoms with E-state index in [-0.39, 0.29) is 19.0 Å². The average Bonchev–Trinajstić information content (AvgIpc) is 1.41. The molecule has 0 aliphatic heterocycles. The summed E-state index contributed by atoms with van der Waals surface area (Å²) in [7, 11) is 1.80. The number of hydrogen-bond acceptors (Lipinski definition) is 2. The molecule has 2 nitrogen and oxygen atoms in total. The zero-order chi connectivity index (χ0) is 4.12. The van der Waals surface area contributed by atoms with Gasteiger partial charge in [0.1, 0.15) is 0 Å². The first-order chi connectivity index (χ1) is 2.41. The molecule has 0 saturated carbocycles. The minimum Gasteiger partial charge on any atom is -0.395 e. The van der Waals surface area contributed by atoms with Gasteiger partial charge >= 0.3 is 0 Å². The maximum absolute atomic E-state index is 8.00. The summed E-state index contributed by atoms with van der Waals surface area (Å²) in [5.41, 5.74) is 0. The zero-order valence-corrected chi connectivity index (χ0v) is 4.59. The predicted octanol–water partition coefficient (Wildman–Crippen LogP) is -0.380. The minimum absolute atomic E-state index is 0. The van der Waals surface area contributed by atoms with Crippen LogP contribution in [-0.2, 0) is 0 Å². The first kappa shape index (κ1) is 9.51. The van der Waals surface area contributed by atoms with E-state index in [1.165, 1.54) is 0 Å². The number of halogens is 1. The molecular weight excluding hydrogens is 101 g/mol. The molecule has 0 rings (SSSR count). The van der Waals surface area contributed by atoms with Gasteiger partial charge in [0.15, 0.2) is 0 Å². The van der Waals surface area contributed by atoms with Gasteiger partial charge in [-0.25, -0.2) is 0 Å². The second-order valence-electron chi connectivity index (χ2n) is 0.827. The molecule has 0 fully saturated rings. The van der Waals surface area contributed by atoms with Crippen molar-refractivity contribution < 1.29 is 5.11 Å². The van der Waals surface area contributed by atoms with Gasteiger partial charge in [0.25, 0.3) is 0 Å². The molecule has 0 heterocycles. The summed E-state index contributed by atoms with van der Waals surface area (Å²) in [5, 5.41) is 10.8. The van der Waals surface area contributed by atoms with E-state index in [9.17, 15) is 0 Å². The van der Waals surface area contributed by atoms with Gasteiger partial charge in [-0.05, 0) is 7.05 Å². The van der Waals surface area contributed by atoms with Crippen molar-refractivity contribution in [1.82, 2.24) is 5.32 Å². The van der Waals surface area contributed by atoms with Gasteiger partial charge in [0, 0.05) is 6.54 Å². The van der Waals surface area contributed by atoms with Gasteiger partial charge in [0.2, 0.25) is 0 Å². The highest BCUT2D eigenvalue weighted by Gasteiger charge is 1.65. The Morgan fingerprint density at radius 3 is 2.17 bits per heavy atom. The largest absolute Gasteiger partial charge is 0.395 e. The molecule has 2 N–H and O–H groups in total. The fraction of sp³-hybridized carbons (Fsp3) is 1.00. The summed E-state index contributed by atoms with van der Waals surface area (Å²) < 4.78 is 0. The molecule has 0 aromatic carbocycles. The molecule has 0 amide bonds. The normalized spacial score (nSPS) is 7.00. The van der Waals surface area contributed by atoms with Crippen LogP contribution in [0.2, 0.25) is 0 Å². The molecule has 0 atom stereocenters. The van der Waals surface area contributed by atoms with E-state index in [2.05, 4.69) is 5.32 Å². The van der Waals surface area contributed by atoms with E-state index in [0.717, 1.165) is 0 Å². The van der Waals surface area contributed by atoms with Crippen molar-refractivity contribution in [3.63, 3.8) is 0 Å². The number of aliphatic hydroxyl groups excluding tert-OH is 1. The van der Waals surface area contributed by atoms with Crippen LogP contribution in [0.25, 0.3) is 0 Å². The Balaban J connectivity index is 0. The summed E-state index contributed by atoms with van der Waals surface area (Å²) >= 11 is 0. The highest BCUT2D eigenvalue weighted by atomic mass is 35.5. The van der Waals surface area contributed by atoms with Crippen LogP contribution in [0.3, 0.4) is 0 Å². The third kappa shape index (κ3) is 8.88. The SMILES string of the molecule is CNCCO.Cl. The number of nitrogens with one attached hydrogen (secondary N) is 1. The van der Waals surface area contributed by atoms with Crippen LogP contribution < -0.4 is 5.32 Å². The summed E-state index contributed by atoms with van der Waals surface area (Å²) in [6.45, 7) is 0.927. The number of hydrogen-bond donors (Lipinski definition) is 2. The minimum atomic E-state index is 0. The molecule has 0 saturated heterocycles. The smallest absolute Gasteiger partial charge is 0.0555 e. The van der Waals surface area contributed by atoms with Crippen molar-refractivity contribution in [2.24, 2.45) is 0 Å². The van der Waals surface area contributed by atoms with Gasteiger partial charge in [-0.3, -0.25) is 0 Å². The lowest BCUT2D eigenvalue weighted by Crippen LogP contribution is -2.10. The maximum Gasteiger partial charge on any atom is 0.0555 e. The standard InChI is InChI=1S/C3H9NO.ClH/c1-4-2-3-5;/h4-5H,2-3H2,1H3;1H. The van der Waals surface area contributed by atoms with Gasteiger partial charge in [0.05, 0.1) is 6.61 Å². The van der Waals surface area contributed by atoms with Crippen LogP contribution in [0.4, 0.5) is 0 Å². The molecule has 3 heteroatoms. The van der Waals surface area contributed by atoms with Crippen LogP contribution in [-0.4, -0.2) is 25.3 Å². The Morgan fingerprint density at radius 2 is 2.17 bits per heavy atom. The number of rotatable bonds is 2. The van der Waals surface area contributed by atoms with Crippen LogP contribution in [0.5, 0.6) is 0 Å². The highest BCUT2D eigenvalue weighted by Crippen LogP contribution is 1.42. The van der Waals surface area contributed by atoms with Crippen LogP contribution in [0.15, 0.2) is 0 Å².